The Morgan fingerprint density at radius 1 is 1.20 bits per heavy atom. The van der Waals surface area contributed by atoms with Crippen LogP contribution in [-0.2, 0) is 9.59 Å². The Labute approximate surface area is 115 Å². The lowest BCUT2D eigenvalue weighted by molar-refractivity contribution is -0.132. The first-order chi connectivity index (χ1) is 9.47. The zero-order valence-electron chi connectivity index (χ0n) is 11.2. The molecule has 4 nitrogen and oxygen atoms in total. The summed E-state index contributed by atoms with van der Waals surface area (Å²) in [6.45, 7) is 2.60. The number of carbonyl (C=O) groups is 2. The number of benzene rings is 1. The summed E-state index contributed by atoms with van der Waals surface area (Å²) in [5, 5.41) is 2.57. The lowest BCUT2D eigenvalue weighted by Crippen LogP contribution is -2.40. The van der Waals surface area contributed by atoms with E-state index in [1.807, 2.05) is 0 Å². The molecule has 20 heavy (non-hydrogen) atoms. The molecule has 2 amide bonds. The highest BCUT2D eigenvalue weighted by Gasteiger charge is 2.26. The Morgan fingerprint density at radius 3 is 2.40 bits per heavy atom. The maximum absolute atomic E-state index is 13.0. The molecule has 2 rings (SSSR count). The van der Waals surface area contributed by atoms with E-state index in [0.717, 1.165) is 12.1 Å². The molecule has 1 aromatic carbocycles. The summed E-state index contributed by atoms with van der Waals surface area (Å²) in [5.74, 6) is -2.37. The Hall–Kier alpha value is -1.98. The number of halogens is 2. The Balaban J connectivity index is 1.92. The van der Waals surface area contributed by atoms with Gasteiger partial charge in [-0.2, -0.15) is 0 Å². The molecule has 0 saturated carbocycles. The first-order valence-electron chi connectivity index (χ1n) is 6.49. The van der Waals surface area contributed by atoms with Crippen molar-refractivity contribution in [1.82, 2.24) is 4.90 Å². The fourth-order valence-corrected chi connectivity index (χ4v) is 2.27. The van der Waals surface area contributed by atoms with Gasteiger partial charge in [0.25, 0.3) is 0 Å². The van der Waals surface area contributed by atoms with Gasteiger partial charge in [0, 0.05) is 37.7 Å². The summed E-state index contributed by atoms with van der Waals surface area (Å²) in [7, 11) is 0. The molecule has 0 aromatic heterocycles. The van der Waals surface area contributed by atoms with Crippen LogP contribution in [0.1, 0.15) is 19.8 Å². The molecular weight excluding hydrogens is 266 g/mol. The van der Waals surface area contributed by atoms with Gasteiger partial charge in [-0.05, 0) is 25.0 Å². The predicted octanol–water partition coefficient (Wildman–Crippen LogP) is 2.16. The van der Waals surface area contributed by atoms with Crippen molar-refractivity contribution in [2.75, 3.05) is 18.4 Å². The van der Waals surface area contributed by atoms with Crippen molar-refractivity contribution in [3.8, 4) is 0 Å². The van der Waals surface area contributed by atoms with E-state index in [0.29, 0.717) is 25.9 Å². The van der Waals surface area contributed by atoms with Gasteiger partial charge in [0.2, 0.25) is 11.8 Å². The van der Waals surface area contributed by atoms with Crippen LogP contribution in [0.4, 0.5) is 14.5 Å². The molecule has 0 aliphatic carbocycles. The largest absolute Gasteiger partial charge is 0.343 e. The molecule has 1 heterocycles. The van der Waals surface area contributed by atoms with Crippen molar-refractivity contribution in [2.45, 2.75) is 19.8 Å². The number of rotatable bonds is 2. The van der Waals surface area contributed by atoms with E-state index in [1.54, 1.807) is 4.90 Å². The van der Waals surface area contributed by atoms with Crippen LogP contribution >= 0.6 is 0 Å². The van der Waals surface area contributed by atoms with Crippen molar-refractivity contribution in [1.29, 1.82) is 0 Å². The Kier molecular flexibility index (Phi) is 4.32. The van der Waals surface area contributed by atoms with E-state index < -0.39 is 11.6 Å². The summed E-state index contributed by atoms with van der Waals surface area (Å²) in [4.78, 5) is 24.9. The van der Waals surface area contributed by atoms with Crippen LogP contribution in [0.25, 0.3) is 0 Å². The number of likely N-dealkylation sites (tertiary alicyclic amines) is 1. The minimum absolute atomic E-state index is 0.00413. The monoisotopic (exact) mass is 282 g/mol. The highest BCUT2D eigenvalue weighted by molar-refractivity contribution is 5.92. The van der Waals surface area contributed by atoms with E-state index in [4.69, 9.17) is 0 Å². The minimum atomic E-state index is -0.991. The lowest BCUT2D eigenvalue weighted by atomic mass is 9.96. The lowest BCUT2D eigenvalue weighted by Gasteiger charge is -2.30. The first kappa shape index (κ1) is 14.4. The third-order valence-corrected chi connectivity index (χ3v) is 3.50. The van der Waals surface area contributed by atoms with Gasteiger partial charge in [0.05, 0.1) is 0 Å². The van der Waals surface area contributed by atoms with E-state index in [1.165, 1.54) is 13.0 Å². The smallest absolute Gasteiger partial charge is 0.227 e. The predicted molar refractivity (Wildman–Crippen MR) is 70.0 cm³/mol. The Bertz CT molecular complexity index is 526. The number of carbonyl (C=O) groups excluding carboxylic acids is 2. The first-order valence-corrected chi connectivity index (χ1v) is 6.49. The molecular formula is C14H16F2N2O2. The number of hydrogen-bond acceptors (Lipinski definition) is 2. The van der Waals surface area contributed by atoms with Crippen molar-refractivity contribution >= 4 is 17.5 Å². The van der Waals surface area contributed by atoms with Crippen LogP contribution in [0.3, 0.4) is 0 Å². The molecule has 1 aromatic rings. The third kappa shape index (κ3) is 3.31. The molecule has 0 bridgehead atoms. The van der Waals surface area contributed by atoms with Crippen LogP contribution in [-0.4, -0.2) is 29.8 Å². The molecule has 1 N–H and O–H groups in total. The van der Waals surface area contributed by atoms with Crippen LogP contribution in [0.15, 0.2) is 18.2 Å². The molecule has 0 radical (unpaired) electrons. The number of piperidine rings is 1. The topological polar surface area (TPSA) is 49.4 Å². The maximum atomic E-state index is 13.0. The quantitative estimate of drug-likeness (QED) is 0.903. The number of anilines is 1. The normalized spacial score (nSPS) is 16.1. The van der Waals surface area contributed by atoms with Crippen molar-refractivity contribution in [3.05, 3.63) is 29.8 Å². The van der Waals surface area contributed by atoms with Crippen molar-refractivity contribution in [3.63, 3.8) is 0 Å². The van der Waals surface area contributed by atoms with Gasteiger partial charge < -0.3 is 10.2 Å². The fourth-order valence-electron chi connectivity index (χ4n) is 2.27. The molecule has 0 unspecified atom stereocenters. The van der Waals surface area contributed by atoms with Gasteiger partial charge in [-0.3, -0.25) is 9.59 Å². The molecule has 108 valence electrons. The van der Waals surface area contributed by atoms with Gasteiger partial charge >= 0.3 is 0 Å². The van der Waals surface area contributed by atoms with Crippen LogP contribution in [0, 0.1) is 17.6 Å². The van der Waals surface area contributed by atoms with Crippen LogP contribution in [0.2, 0.25) is 0 Å². The fraction of sp³-hybridized carbons (Fsp3) is 0.429. The van der Waals surface area contributed by atoms with Gasteiger partial charge in [-0.1, -0.05) is 0 Å². The summed E-state index contributed by atoms with van der Waals surface area (Å²) < 4.78 is 25.8. The maximum Gasteiger partial charge on any atom is 0.227 e. The molecule has 1 fully saturated rings. The molecule has 1 saturated heterocycles. The average molecular weight is 282 g/mol. The van der Waals surface area contributed by atoms with E-state index >= 15 is 0 Å². The second kappa shape index (κ2) is 5.98. The number of nitrogens with one attached hydrogen (secondary N) is 1. The van der Waals surface area contributed by atoms with E-state index in [9.17, 15) is 18.4 Å². The van der Waals surface area contributed by atoms with Crippen LogP contribution in [0.5, 0.6) is 0 Å². The SMILES string of the molecule is CC(=O)N1CCC(C(=O)Nc2ccc(F)c(F)c2)CC1. The van der Waals surface area contributed by atoms with E-state index in [2.05, 4.69) is 5.32 Å². The number of nitrogens with zero attached hydrogens (tertiary/aromatic N) is 1. The Morgan fingerprint density at radius 2 is 1.85 bits per heavy atom. The summed E-state index contributed by atoms with van der Waals surface area (Å²) in [5.41, 5.74) is 0.239. The minimum Gasteiger partial charge on any atom is -0.343 e. The average Bonchev–Trinajstić information content (AvgIpc) is 2.43. The van der Waals surface area contributed by atoms with Gasteiger partial charge in [-0.25, -0.2) is 8.78 Å². The number of amides is 2. The van der Waals surface area contributed by atoms with Crippen LogP contribution < -0.4 is 5.32 Å². The molecule has 0 spiro atoms. The van der Waals surface area contributed by atoms with Gasteiger partial charge in [-0.15, -0.1) is 0 Å². The summed E-state index contributed by atoms with van der Waals surface area (Å²) in [6.07, 6.45) is 1.16. The van der Waals surface area contributed by atoms with Gasteiger partial charge in [0.15, 0.2) is 11.6 Å². The second-order valence-electron chi connectivity index (χ2n) is 4.90. The molecule has 1 aliphatic rings. The third-order valence-electron chi connectivity index (χ3n) is 3.50. The zero-order valence-corrected chi connectivity index (χ0v) is 11.2. The second-order valence-corrected chi connectivity index (χ2v) is 4.90. The summed E-state index contributed by atoms with van der Waals surface area (Å²) >= 11 is 0. The zero-order chi connectivity index (χ0) is 14.7. The highest BCUT2D eigenvalue weighted by Crippen LogP contribution is 2.20. The highest BCUT2D eigenvalue weighted by atomic mass is 19.2. The van der Waals surface area contributed by atoms with Crippen molar-refractivity contribution < 1.29 is 18.4 Å². The van der Waals surface area contributed by atoms with E-state index in [-0.39, 0.29) is 23.4 Å². The summed E-state index contributed by atoms with van der Waals surface area (Å²) in [6, 6.07) is 3.25. The van der Waals surface area contributed by atoms with Gasteiger partial charge in [0.1, 0.15) is 0 Å². The molecule has 1 aliphatic heterocycles. The molecule has 6 heteroatoms. The standard InChI is InChI=1S/C14H16F2N2O2/c1-9(19)18-6-4-10(5-7-18)14(20)17-11-2-3-12(15)13(16)8-11/h2-3,8,10H,4-7H2,1H3,(H,17,20). The molecule has 0 atom stereocenters. The number of hydrogen-bond donors (Lipinski definition) is 1. The van der Waals surface area contributed by atoms with Crippen molar-refractivity contribution in [2.24, 2.45) is 5.92 Å².